The van der Waals surface area contributed by atoms with Gasteiger partial charge in [0.1, 0.15) is 5.52 Å². The van der Waals surface area contributed by atoms with Gasteiger partial charge in [0.05, 0.1) is 0 Å². The Morgan fingerprint density at radius 1 is 1.12 bits per heavy atom. The summed E-state index contributed by atoms with van der Waals surface area (Å²) in [6, 6.07) is 14.7. The SMILES string of the molecule is CSCCc1ccc(-c2nc3ccccc3o2)cc1C1CCOCC1. The lowest BCUT2D eigenvalue weighted by Crippen LogP contribution is -2.15. The molecule has 1 aliphatic heterocycles. The molecule has 130 valence electrons. The van der Waals surface area contributed by atoms with Crippen LogP contribution in [0, 0.1) is 0 Å². The highest BCUT2D eigenvalue weighted by Gasteiger charge is 2.20. The molecule has 1 aliphatic rings. The van der Waals surface area contributed by atoms with Crippen molar-refractivity contribution in [1.29, 1.82) is 0 Å². The van der Waals surface area contributed by atoms with Crippen LogP contribution < -0.4 is 0 Å². The van der Waals surface area contributed by atoms with E-state index in [9.17, 15) is 0 Å². The predicted octanol–water partition coefficient (Wildman–Crippen LogP) is 5.29. The van der Waals surface area contributed by atoms with Crippen LogP contribution in [0.2, 0.25) is 0 Å². The zero-order valence-corrected chi connectivity index (χ0v) is 15.3. The average Bonchev–Trinajstić information content (AvgIpc) is 3.11. The minimum Gasteiger partial charge on any atom is -0.436 e. The largest absolute Gasteiger partial charge is 0.436 e. The summed E-state index contributed by atoms with van der Waals surface area (Å²) >= 11 is 1.90. The number of benzene rings is 2. The number of para-hydroxylation sites is 2. The van der Waals surface area contributed by atoms with Crippen molar-refractivity contribution in [3.63, 3.8) is 0 Å². The number of hydrogen-bond acceptors (Lipinski definition) is 4. The molecule has 3 nitrogen and oxygen atoms in total. The van der Waals surface area contributed by atoms with E-state index in [0.29, 0.717) is 11.8 Å². The number of aryl methyl sites for hydroxylation is 1. The summed E-state index contributed by atoms with van der Waals surface area (Å²) in [4.78, 5) is 4.67. The van der Waals surface area contributed by atoms with Crippen molar-refractivity contribution in [3.8, 4) is 11.5 Å². The van der Waals surface area contributed by atoms with Gasteiger partial charge < -0.3 is 9.15 Å². The Morgan fingerprint density at radius 3 is 2.76 bits per heavy atom. The van der Waals surface area contributed by atoms with Crippen LogP contribution >= 0.6 is 11.8 Å². The van der Waals surface area contributed by atoms with Crippen LogP contribution in [-0.2, 0) is 11.2 Å². The maximum absolute atomic E-state index is 5.98. The number of thioether (sulfide) groups is 1. The van der Waals surface area contributed by atoms with Crippen LogP contribution in [0.3, 0.4) is 0 Å². The second-order valence-corrected chi connectivity index (χ2v) is 7.52. The highest BCUT2D eigenvalue weighted by Crippen LogP contribution is 2.34. The van der Waals surface area contributed by atoms with Gasteiger partial charge in [-0.2, -0.15) is 11.8 Å². The second kappa shape index (κ2) is 7.63. The zero-order valence-electron chi connectivity index (χ0n) is 14.5. The number of aromatic nitrogens is 1. The van der Waals surface area contributed by atoms with E-state index in [0.717, 1.165) is 54.9 Å². The molecular weight excluding hydrogens is 330 g/mol. The first kappa shape index (κ1) is 16.7. The summed E-state index contributed by atoms with van der Waals surface area (Å²) in [5, 5.41) is 0. The molecular formula is C21H23NO2S. The number of ether oxygens (including phenoxy) is 1. The molecule has 0 unspecified atom stereocenters. The lowest BCUT2D eigenvalue weighted by Gasteiger charge is -2.25. The fourth-order valence-corrected chi connectivity index (χ4v) is 3.98. The molecule has 2 heterocycles. The van der Waals surface area contributed by atoms with Crippen LogP contribution in [0.4, 0.5) is 0 Å². The minimum atomic E-state index is 0.579. The Bertz CT molecular complexity index is 819. The van der Waals surface area contributed by atoms with E-state index < -0.39 is 0 Å². The van der Waals surface area contributed by atoms with Gasteiger partial charge >= 0.3 is 0 Å². The lowest BCUT2D eigenvalue weighted by molar-refractivity contribution is 0.0852. The van der Waals surface area contributed by atoms with Crippen molar-refractivity contribution in [2.45, 2.75) is 25.2 Å². The van der Waals surface area contributed by atoms with Gasteiger partial charge in [0.2, 0.25) is 5.89 Å². The molecule has 0 bridgehead atoms. The van der Waals surface area contributed by atoms with Gasteiger partial charge in [-0.05, 0) is 72.6 Å². The monoisotopic (exact) mass is 353 g/mol. The third-order valence-corrected chi connectivity index (χ3v) is 5.54. The molecule has 0 amide bonds. The lowest BCUT2D eigenvalue weighted by atomic mass is 9.86. The summed E-state index contributed by atoms with van der Waals surface area (Å²) < 4.78 is 11.5. The van der Waals surface area contributed by atoms with Crippen molar-refractivity contribution >= 4 is 22.9 Å². The Morgan fingerprint density at radius 2 is 1.96 bits per heavy atom. The van der Waals surface area contributed by atoms with Crippen molar-refractivity contribution in [1.82, 2.24) is 4.98 Å². The smallest absolute Gasteiger partial charge is 0.227 e. The standard InChI is InChI=1S/C21H23NO2S/c1-25-13-10-15-6-7-17(14-18(15)16-8-11-23-12-9-16)21-22-19-4-2-3-5-20(19)24-21/h2-7,14,16H,8-13H2,1H3. The molecule has 1 saturated heterocycles. The van der Waals surface area contributed by atoms with Crippen LogP contribution in [0.1, 0.15) is 29.9 Å². The third-order valence-electron chi connectivity index (χ3n) is 4.92. The van der Waals surface area contributed by atoms with Crippen molar-refractivity contribution in [3.05, 3.63) is 53.6 Å². The Labute approximate surface area is 152 Å². The fourth-order valence-electron chi connectivity index (χ4n) is 3.55. The van der Waals surface area contributed by atoms with Crippen LogP contribution in [-0.4, -0.2) is 30.2 Å². The van der Waals surface area contributed by atoms with E-state index in [1.54, 1.807) is 0 Å². The third kappa shape index (κ3) is 3.60. The quantitative estimate of drug-likeness (QED) is 0.624. The Kier molecular flexibility index (Phi) is 5.09. The normalized spacial score (nSPS) is 15.7. The van der Waals surface area contributed by atoms with E-state index in [1.807, 2.05) is 36.0 Å². The van der Waals surface area contributed by atoms with Crippen LogP contribution in [0.5, 0.6) is 0 Å². The Hall–Kier alpha value is -1.78. The van der Waals surface area contributed by atoms with Crippen molar-refractivity contribution in [2.75, 3.05) is 25.2 Å². The molecule has 3 aromatic rings. The van der Waals surface area contributed by atoms with Crippen molar-refractivity contribution in [2.24, 2.45) is 0 Å². The summed E-state index contributed by atoms with van der Waals surface area (Å²) in [7, 11) is 0. The molecule has 0 N–H and O–H groups in total. The highest BCUT2D eigenvalue weighted by atomic mass is 32.2. The zero-order chi connectivity index (χ0) is 17.1. The van der Waals surface area contributed by atoms with Gasteiger partial charge in [-0.25, -0.2) is 4.98 Å². The van der Waals surface area contributed by atoms with Gasteiger partial charge in [-0.3, -0.25) is 0 Å². The van der Waals surface area contributed by atoms with Gasteiger partial charge in [-0.15, -0.1) is 0 Å². The van der Waals surface area contributed by atoms with E-state index in [-0.39, 0.29) is 0 Å². The molecule has 25 heavy (non-hydrogen) atoms. The molecule has 1 fully saturated rings. The number of hydrogen-bond donors (Lipinski definition) is 0. The first-order valence-corrected chi connectivity index (χ1v) is 10.3. The Balaban J connectivity index is 1.72. The minimum absolute atomic E-state index is 0.579. The molecule has 0 radical (unpaired) electrons. The topological polar surface area (TPSA) is 35.3 Å². The average molecular weight is 353 g/mol. The van der Waals surface area contributed by atoms with E-state index in [4.69, 9.17) is 9.15 Å². The molecule has 0 spiro atoms. The maximum Gasteiger partial charge on any atom is 0.227 e. The summed E-state index contributed by atoms with van der Waals surface area (Å²) in [6.45, 7) is 1.72. The summed E-state index contributed by atoms with van der Waals surface area (Å²) in [6.07, 6.45) is 5.48. The van der Waals surface area contributed by atoms with Crippen LogP contribution in [0.25, 0.3) is 22.6 Å². The first-order chi connectivity index (χ1) is 12.3. The number of oxazole rings is 1. The molecule has 1 aromatic heterocycles. The second-order valence-electron chi connectivity index (χ2n) is 6.53. The molecule has 2 aromatic carbocycles. The van der Waals surface area contributed by atoms with E-state index >= 15 is 0 Å². The van der Waals surface area contributed by atoms with Crippen LogP contribution in [0.15, 0.2) is 46.9 Å². The molecule has 4 heteroatoms. The predicted molar refractivity (Wildman–Crippen MR) is 104 cm³/mol. The first-order valence-electron chi connectivity index (χ1n) is 8.90. The number of rotatable bonds is 5. The maximum atomic E-state index is 5.98. The highest BCUT2D eigenvalue weighted by molar-refractivity contribution is 7.98. The number of nitrogens with zero attached hydrogens (tertiary/aromatic N) is 1. The van der Waals surface area contributed by atoms with E-state index in [2.05, 4.69) is 29.4 Å². The van der Waals surface area contributed by atoms with Crippen molar-refractivity contribution < 1.29 is 9.15 Å². The summed E-state index contributed by atoms with van der Waals surface area (Å²) in [5.41, 5.74) is 5.75. The van der Waals surface area contributed by atoms with E-state index in [1.165, 1.54) is 11.1 Å². The van der Waals surface area contributed by atoms with Gasteiger partial charge in [0, 0.05) is 18.8 Å². The fraction of sp³-hybridized carbons (Fsp3) is 0.381. The van der Waals surface area contributed by atoms with Gasteiger partial charge in [0.25, 0.3) is 0 Å². The number of fused-ring (bicyclic) bond motifs is 1. The van der Waals surface area contributed by atoms with Gasteiger partial charge in [-0.1, -0.05) is 18.2 Å². The summed E-state index contributed by atoms with van der Waals surface area (Å²) in [5.74, 6) is 2.44. The molecule has 0 saturated carbocycles. The molecule has 0 atom stereocenters. The molecule has 4 rings (SSSR count). The van der Waals surface area contributed by atoms with Gasteiger partial charge in [0.15, 0.2) is 5.58 Å². The molecule has 0 aliphatic carbocycles.